The number of thioether (sulfide) groups is 1. The Hall–Kier alpha value is -1.72. The Balaban J connectivity index is 2.32. The van der Waals surface area contributed by atoms with E-state index < -0.39 is 11.2 Å². The maximum Gasteiger partial charge on any atom is 0.321 e. The first-order valence-electron chi connectivity index (χ1n) is 6.27. The molecule has 0 spiro atoms. The van der Waals surface area contributed by atoms with Gasteiger partial charge in [0.2, 0.25) is 0 Å². The van der Waals surface area contributed by atoms with E-state index in [1.165, 1.54) is 6.92 Å². The van der Waals surface area contributed by atoms with E-state index in [0.717, 1.165) is 27.8 Å². The third-order valence-electron chi connectivity index (χ3n) is 2.94. The van der Waals surface area contributed by atoms with Gasteiger partial charge in [0.1, 0.15) is 5.25 Å². The first-order valence-corrected chi connectivity index (χ1v) is 7.60. The molecule has 3 nitrogen and oxygen atoms in total. The van der Waals surface area contributed by atoms with Crippen LogP contribution < -0.4 is 0 Å². The first-order chi connectivity index (χ1) is 9.99. The first kappa shape index (κ1) is 15.7. The molecule has 0 aliphatic rings. The summed E-state index contributed by atoms with van der Waals surface area (Å²) in [6.45, 7) is 1.37. The van der Waals surface area contributed by atoms with E-state index in [1.54, 1.807) is 12.1 Å². The van der Waals surface area contributed by atoms with Gasteiger partial charge in [-0.2, -0.15) is 0 Å². The fourth-order valence-corrected chi connectivity index (χ4v) is 3.00. The van der Waals surface area contributed by atoms with Crippen LogP contribution in [0.5, 0.6) is 0 Å². The molecule has 108 valence electrons. The van der Waals surface area contributed by atoms with Gasteiger partial charge in [-0.1, -0.05) is 54.2 Å². The molecule has 0 saturated carbocycles. The molecule has 2 rings (SSSR count). The highest BCUT2D eigenvalue weighted by atomic mass is 32.2. The lowest BCUT2D eigenvalue weighted by Crippen LogP contribution is -2.09. The van der Waals surface area contributed by atoms with Crippen molar-refractivity contribution in [2.24, 2.45) is 0 Å². The second-order valence-electron chi connectivity index (χ2n) is 4.47. The molecule has 1 atom stereocenters. The molecule has 1 N–H and O–H groups in total. The molecule has 0 heterocycles. The van der Waals surface area contributed by atoms with Crippen LogP contribution in [-0.2, 0) is 9.59 Å². The summed E-state index contributed by atoms with van der Waals surface area (Å²) < 4.78 is 0. The number of benzene rings is 2. The number of hydrogen-bond acceptors (Lipinski definition) is 4. The Morgan fingerprint density at radius 3 is 2.24 bits per heavy atom. The average Bonchev–Trinajstić information content (AvgIpc) is 2.45. The summed E-state index contributed by atoms with van der Waals surface area (Å²) in [5.41, 5.74) is 2.54. The summed E-state index contributed by atoms with van der Waals surface area (Å²) in [5, 5.41) is 8.13. The number of carbonyl (C=O) groups excluding carboxylic acids is 1. The zero-order chi connectivity index (χ0) is 15.4. The highest BCUT2D eigenvalue weighted by Gasteiger charge is 2.22. The summed E-state index contributed by atoms with van der Waals surface area (Å²) in [7, 11) is 0. The van der Waals surface area contributed by atoms with Gasteiger partial charge >= 0.3 is 5.97 Å². The monoisotopic (exact) mass is 318 g/mol. The molecule has 0 aliphatic carbocycles. The summed E-state index contributed by atoms with van der Waals surface area (Å²) in [5.74, 6) is -1.02. The van der Waals surface area contributed by atoms with Gasteiger partial charge in [0.15, 0.2) is 5.12 Å². The van der Waals surface area contributed by atoms with E-state index >= 15 is 0 Å². The van der Waals surface area contributed by atoms with Crippen molar-refractivity contribution in [2.45, 2.75) is 17.1 Å². The van der Waals surface area contributed by atoms with Crippen molar-refractivity contribution in [1.29, 1.82) is 0 Å². The van der Waals surface area contributed by atoms with Crippen molar-refractivity contribution in [1.82, 2.24) is 0 Å². The van der Waals surface area contributed by atoms with Gasteiger partial charge in [-0.3, -0.25) is 9.59 Å². The molecule has 0 radical (unpaired) electrons. The van der Waals surface area contributed by atoms with E-state index in [0.29, 0.717) is 5.56 Å². The van der Waals surface area contributed by atoms with Crippen molar-refractivity contribution in [3.8, 4) is 11.1 Å². The molecule has 2 aromatic rings. The molecule has 5 heteroatoms. The number of carboxylic acid groups (broad SMARTS) is 1. The summed E-state index contributed by atoms with van der Waals surface area (Å²) in [6, 6.07) is 14.9. The number of hydrogen-bond donors (Lipinski definition) is 2. The third-order valence-corrected chi connectivity index (χ3v) is 4.37. The summed E-state index contributed by atoms with van der Waals surface area (Å²) in [4.78, 5) is 23.3. The Morgan fingerprint density at radius 1 is 1.10 bits per heavy atom. The van der Waals surface area contributed by atoms with Crippen LogP contribution in [0, 0.1) is 0 Å². The van der Waals surface area contributed by atoms with Gasteiger partial charge in [-0.05, 0) is 22.8 Å². The van der Waals surface area contributed by atoms with Gasteiger partial charge in [0, 0.05) is 11.8 Å². The lowest BCUT2D eigenvalue weighted by Gasteiger charge is -2.12. The van der Waals surface area contributed by atoms with Gasteiger partial charge in [-0.15, -0.1) is 12.6 Å². The minimum absolute atomic E-state index is 0.216. The second kappa shape index (κ2) is 6.83. The minimum Gasteiger partial charge on any atom is -0.480 e. The molecule has 0 amide bonds. The predicted octanol–water partition coefficient (Wildman–Crippen LogP) is 4.05. The van der Waals surface area contributed by atoms with Crippen LogP contribution in [0.15, 0.2) is 53.4 Å². The number of carboxylic acids is 1. The standard InChI is InChI=1S/C16H14O3S2/c1-10(17)21-15(16(18)19)12-8-6-11(7-9-12)13-4-2-3-5-14(13)20/h2-9,15,20H,1H3,(H,18,19). The second-order valence-corrected chi connectivity index (χ2v) is 6.23. The van der Waals surface area contributed by atoms with Crippen LogP contribution in [-0.4, -0.2) is 16.2 Å². The van der Waals surface area contributed by atoms with E-state index in [1.807, 2.05) is 36.4 Å². The third kappa shape index (κ3) is 3.89. The summed E-state index contributed by atoms with van der Waals surface area (Å²) in [6.07, 6.45) is 0. The molecule has 0 bridgehead atoms. The van der Waals surface area contributed by atoms with E-state index in [4.69, 9.17) is 0 Å². The Bertz CT molecular complexity index is 665. The molecule has 0 aliphatic heterocycles. The highest BCUT2D eigenvalue weighted by Crippen LogP contribution is 2.32. The quantitative estimate of drug-likeness (QED) is 0.835. The van der Waals surface area contributed by atoms with Crippen molar-refractivity contribution in [2.75, 3.05) is 0 Å². The van der Waals surface area contributed by atoms with Crippen LogP contribution in [0.25, 0.3) is 11.1 Å². The van der Waals surface area contributed by atoms with Crippen LogP contribution in [0.1, 0.15) is 17.7 Å². The van der Waals surface area contributed by atoms with Gasteiger partial charge in [0.05, 0.1) is 0 Å². The van der Waals surface area contributed by atoms with Gasteiger partial charge in [-0.25, -0.2) is 0 Å². The van der Waals surface area contributed by atoms with E-state index in [2.05, 4.69) is 12.6 Å². The molecule has 21 heavy (non-hydrogen) atoms. The zero-order valence-corrected chi connectivity index (χ0v) is 13.0. The number of thiol groups is 1. The lowest BCUT2D eigenvalue weighted by molar-refractivity contribution is -0.136. The SMILES string of the molecule is CC(=O)SC(C(=O)O)c1ccc(-c2ccccc2S)cc1. The van der Waals surface area contributed by atoms with Crippen LogP contribution in [0.3, 0.4) is 0 Å². The summed E-state index contributed by atoms with van der Waals surface area (Å²) >= 11 is 5.22. The minimum atomic E-state index is -1.02. The Labute approximate surface area is 132 Å². The maximum absolute atomic E-state index is 11.3. The lowest BCUT2D eigenvalue weighted by atomic mass is 10.0. The van der Waals surface area contributed by atoms with Gasteiger partial charge in [0.25, 0.3) is 0 Å². The van der Waals surface area contributed by atoms with Gasteiger partial charge < -0.3 is 5.11 Å². The Morgan fingerprint density at radius 2 is 1.71 bits per heavy atom. The smallest absolute Gasteiger partial charge is 0.321 e. The fraction of sp³-hybridized carbons (Fsp3) is 0.125. The maximum atomic E-state index is 11.3. The van der Waals surface area contributed by atoms with Crippen molar-refractivity contribution >= 4 is 35.5 Å². The van der Waals surface area contributed by atoms with Crippen LogP contribution in [0.4, 0.5) is 0 Å². The highest BCUT2D eigenvalue weighted by molar-refractivity contribution is 8.14. The number of aliphatic carboxylic acids is 1. The number of carbonyl (C=O) groups is 2. The predicted molar refractivity (Wildman–Crippen MR) is 87.8 cm³/mol. The van der Waals surface area contributed by atoms with Crippen molar-refractivity contribution < 1.29 is 14.7 Å². The Kier molecular flexibility index (Phi) is 5.09. The molecule has 0 saturated heterocycles. The zero-order valence-electron chi connectivity index (χ0n) is 11.3. The van der Waals surface area contributed by atoms with E-state index in [-0.39, 0.29) is 5.12 Å². The molecular weight excluding hydrogens is 304 g/mol. The molecular formula is C16H14O3S2. The molecule has 2 aromatic carbocycles. The van der Waals surface area contributed by atoms with E-state index in [9.17, 15) is 14.7 Å². The fourth-order valence-electron chi connectivity index (χ4n) is 1.98. The normalized spacial score (nSPS) is 11.9. The van der Waals surface area contributed by atoms with Crippen molar-refractivity contribution in [3.63, 3.8) is 0 Å². The topological polar surface area (TPSA) is 54.4 Å². The molecule has 0 fully saturated rings. The largest absolute Gasteiger partial charge is 0.480 e. The van der Waals surface area contributed by atoms with Crippen LogP contribution in [0.2, 0.25) is 0 Å². The molecule has 0 aromatic heterocycles. The number of rotatable bonds is 4. The van der Waals surface area contributed by atoms with Crippen LogP contribution >= 0.6 is 24.4 Å². The average molecular weight is 318 g/mol. The van der Waals surface area contributed by atoms with Crippen molar-refractivity contribution in [3.05, 3.63) is 54.1 Å². The molecule has 1 unspecified atom stereocenters.